The largest absolute Gasteiger partial charge is 0.396 e. The number of halogens is 1. The van der Waals surface area contributed by atoms with Crippen LogP contribution in [0.15, 0.2) is 63.6 Å². The maximum absolute atomic E-state index is 13.1. The molecule has 0 atom stereocenters. The van der Waals surface area contributed by atoms with Crippen LogP contribution in [-0.4, -0.2) is 43.6 Å². The molecule has 172 valence electrons. The first-order valence-electron chi connectivity index (χ1n) is 9.68. The number of sulfone groups is 1. The fourth-order valence-corrected chi connectivity index (χ4v) is 4.09. The number of nitroso groups, excluding NO2 is 1. The van der Waals surface area contributed by atoms with Crippen molar-refractivity contribution in [1.82, 2.24) is 5.32 Å². The summed E-state index contributed by atoms with van der Waals surface area (Å²) in [6.45, 7) is 3.46. The second kappa shape index (κ2) is 11.1. The van der Waals surface area contributed by atoms with Crippen LogP contribution in [0.1, 0.15) is 31.4 Å². The molecule has 2 rings (SSSR count). The van der Waals surface area contributed by atoms with Gasteiger partial charge in [-0.2, -0.15) is 0 Å². The van der Waals surface area contributed by atoms with Gasteiger partial charge in [-0.1, -0.05) is 35.9 Å². The lowest BCUT2D eigenvalue weighted by Crippen LogP contribution is -2.37. The van der Waals surface area contributed by atoms with E-state index >= 15 is 0 Å². The summed E-state index contributed by atoms with van der Waals surface area (Å²) in [5.74, 6) is -0.407. The summed E-state index contributed by atoms with van der Waals surface area (Å²) in [7, 11) is -3.38. The molecule has 1 amide bonds. The molecule has 32 heavy (non-hydrogen) atoms. The fourth-order valence-electron chi connectivity index (χ4n) is 3.00. The van der Waals surface area contributed by atoms with Gasteiger partial charge in [0.15, 0.2) is 9.84 Å². The van der Waals surface area contributed by atoms with E-state index in [1.54, 1.807) is 50.2 Å². The van der Waals surface area contributed by atoms with E-state index in [1.807, 2.05) is 0 Å². The van der Waals surface area contributed by atoms with Crippen LogP contribution in [-0.2, 0) is 14.6 Å². The van der Waals surface area contributed by atoms with Crippen LogP contribution in [0.5, 0.6) is 0 Å². The van der Waals surface area contributed by atoms with E-state index in [9.17, 15) is 23.2 Å². The Morgan fingerprint density at radius 1 is 1.09 bits per heavy atom. The quantitative estimate of drug-likeness (QED) is 0.289. The van der Waals surface area contributed by atoms with Gasteiger partial charge in [-0.15, -0.1) is 4.91 Å². The molecule has 0 saturated carbocycles. The first-order valence-corrected chi connectivity index (χ1v) is 12.7. The molecule has 0 fully saturated rings. The van der Waals surface area contributed by atoms with Gasteiger partial charge < -0.3 is 10.4 Å². The number of nitrogens with one attached hydrogen (secondary N) is 1. The minimum Gasteiger partial charge on any atom is -0.396 e. The van der Waals surface area contributed by atoms with Crippen molar-refractivity contribution in [2.45, 2.75) is 29.9 Å². The normalized spacial score (nSPS) is 12.8. The van der Waals surface area contributed by atoms with Gasteiger partial charge in [0.05, 0.1) is 9.64 Å². The number of benzene rings is 2. The maximum atomic E-state index is 13.1. The summed E-state index contributed by atoms with van der Waals surface area (Å²) in [4.78, 5) is 23.9. The first kappa shape index (κ1) is 26.1. The summed E-state index contributed by atoms with van der Waals surface area (Å²) in [5.41, 5.74) is 2.17. The van der Waals surface area contributed by atoms with Crippen LogP contribution in [0.2, 0.25) is 5.02 Å². The molecule has 2 aromatic rings. The molecule has 0 aliphatic rings. The van der Waals surface area contributed by atoms with E-state index in [0.717, 1.165) is 18.2 Å². The molecular formula is C22H25ClN2O5S2. The Morgan fingerprint density at radius 3 is 2.09 bits per heavy atom. The average Bonchev–Trinajstić information content (AvgIpc) is 2.73. The van der Waals surface area contributed by atoms with Crippen molar-refractivity contribution in [3.8, 4) is 0 Å². The van der Waals surface area contributed by atoms with E-state index in [-0.39, 0.29) is 24.5 Å². The van der Waals surface area contributed by atoms with Crippen molar-refractivity contribution in [1.29, 1.82) is 0 Å². The third-order valence-corrected chi connectivity index (χ3v) is 6.69. The van der Waals surface area contributed by atoms with Crippen molar-refractivity contribution in [3.05, 3.63) is 75.2 Å². The smallest absolute Gasteiger partial charge is 0.247 e. The molecule has 0 heterocycles. The van der Waals surface area contributed by atoms with Crippen LogP contribution in [0.4, 0.5) is 0 Å². The topological polar surface area (TPSA) is 113 Å². The zero-order valence-electron chi connectivity index (χ0n) is 18.0. The molecular weight excluding hydrogens is 472 g/mol. The zero-order chi connectivity index (χ0) is 23.9. The average molecular weight is 497 g/mol. The molecule has 10 heteroatoms. The molecule has 0 radical (unpaired) electrons. The molecule has 0 bridgehead atoms. The third kappa shape index (κ3) is 7.16. The van der Waals surface area contributed by atoms with Crippen LogP contribution < -0.4 is 5.32 Å². The lowest BCUT2D eigenvalue weighted by Gasteiger charge is -2.22. The summed E-state index contributed by atoms with van der Waals surface area (Å²) in [5, 5.41) is 13.0. The van der Waals surface area contributed by atoms with Crippen LogP contribution in [0.3, 0.4) is 0 Å². The van der Waals surface area contributed by atoms with Crippen LogP contribution in [0, 0.1) is 4.91 Å². The van der Waals surface area contributed by atoms with E-state index in [2.05, 4.69) is 9.90 Å². The monoisotopic (exact) mass is 496 g/mol. The Bertz CT molecular complexity index is 1100. The SMILES string of the molecule is CC(C)(CNC(=O)/C(CCO)=C(/c1ccc(Cl)cc1)c1ccc(S(C)(=O)=O)cc1)SN=O. The molecule has 0 saturated heterocycles. The summed E-state index contributed by atoms with van der Waals surface area (Å²) < 4.78 is 25.9. The van der Waals surface area contributed by atoms with Crippen molar-refractivity contribution in [2.24, 2.45) is 4.58 Å². The molecule has 0 aliphatic carbocycles. The van der Waals surface area contributed by atoms with E-state index in [0.29, 0.717) is 27.3 Å². The summed E-state index contributed by atoms with van der Waals surface area (Å²) in [6.07, 6.45) is 1.19. The molecule has 0 aliphatic heterocycles. The van der Waals surface area contributed by atoms with Gasteiger partial charge in [-0.25, -0.2) is 8.42 Å². The highest BCUT2D eigenvalue weighted by atomic mass is 35.5. The molecule has 0 unspecified atom stereocenters. The number of carbonyl (C=O) groups is 1. The highest BCUT2D eigenvalue weighted by Crippen LogP contribution is 2.31. The standard InChI is InChI=1S/C22H25ClN2O5S2/c1-22(2,31-25-28)14-24-21(27)19(12-13-26)20(15-4-8-17(23)9-5-15)16-6-10-18(11-7-16)32(3,29)30/h4-11,26H,12-14H2,1-3H3,(H,24,27)/b20-19-. The third-order valence-electron chi connectivity index (χ3n) is 4.60. The minimum absolute atomic E-state index is 0.0666. The fraction of sp³-hybridized carbons (Fsp3) is 0.318. The van der Waals surface area contributed by atoms with Gasteiger partial charge in [0.2, 0.25) is 5.91 Å². The van der Waals surface area contributed by atoms with Crippen LogP contribution in [0.25, 0.3) is 5.57 Å². The number of aliphatic hydroxyl groups is 1. The molecule has 2 N–H and O–H groups in total. The number of nitrogens with zero attached hydrogens (tertiary/aromatic N) is 1. The van der Waals surface area contributed by atoms with Crippen LogP contribution >= 0.6 is 23.5 Å². The van der Waals surface area contributed by atoms with Gasteiger partial charge in [0, 0.05) is 53.0 Å². The maximum Gasteiger partial charge on any atom is 0.247 e. The molecule has 7 nitrogen and oxygen atoms in total. The number of carbonyl (C=O) groups excluding carboxylic acids is 1. The Balaban J connectivity index is 2.60. The minimum atomic E-state index is -3.38. The number of rotatable bonds is 10. The number of amides is 1. The van der Waals surface area contributed by atoms with E-state index < -0.39 is 20.5 Å². The van der Waals surface area contributed by atoms with Crippen molar-refractivity contribution < 1.29 is 18.3 Å². The lowest BCUT2D eigenvalue weighted by atomic mass is 9.91. The molecule has 0 spiro atoms. The predicted octanol–water partition coefficient (Wildman–Crippen LogP) is 4.24. The Hall–Kier alpha value is -2.20. The van der Waals surface area contributed by atoms with E-state index in [4.69, 9.17) is 11.6 Å². The summed E-state index contributed by atoms with van der Waals surface area (Å²) >= 11 is 6.85. The van der Waals surface area contributed by atoms with Gasteiger partial charge in [0.25, 0.3) is 0 Å². The zero-order valence-corrected chi connectivity index (χ0v) is 20.4. The van der Waals surface area contributed by atoms with Gasteiger partial charge in [-0.05, 0) is 54.8 Å². The van der Waals surface area contributed by atoms with Gasteiger partial charge in [-0.3, -0.25) is 4.79 Å². The predicted molar refractivity (Wildman–Crippen MR) is 129 cm³/mol. The number of aliphatic hydroxyl groups excluding tert-OH is 1. The lowest BCUT2D eigenvalue weighted by molar-refractivity contribution is -0.117. The van der Waals surface area contributed by atoms with Crippen molar-refractivity contribution in [3.63, 3.8) is 0 Å². The van der Waals surface area contributed by atoms with Crippen molar-refractivity contribution >= 4 is 44.9 Å². The number of hydrogen-bond acceptors (Lipinski definition) is 7. The Labute approximate surface area is 197 Å². The van der Waals surface area contributed by atoms with Gasteiger partial charge >= 0.3 is 0 Å². The first-order chi connectivity index (χ1) is 15.0. The second-order valence-electron chi connectivity index (χ2n) is 7.74. The Morgan fingerprint density at radius 2 is 1.62 bits per heavy atom. The Kier molecular flexibility index (Phi) is 9.03. The number of hydrogen-bond donors (Lipinski definition) is 2. The summed E-state index contributed by atoms with van der Waals surface area (Å²) in [6, 6.07) is 13.1. The molecule has 0 aromatic heterocycles. The highest BCUT2D eigenvalue weighted by Gasteiger charge is 2.24. The second-order valence-corrected chi connectivity index (χ2v) is 11.6. The molecule has 2 aromatic carbocycles. The highest BCUT2D eigenvalue weighted by molar-refractivity contribution is 7.99. The van der Waals surface area contributed by atoms with Crippen molar-refractivity contribution in [2.75, 3.05) is 19.4 Å². The van der Waals surface area contributed by atoms with E-state index in [1.165, 1.54) is 12.1 Å². The van der Waals surface area contributed by atoms with Gasteiger partial charge in [0.1, 0.15) is 0 Å².